The second kappa shape index (κ2) is 8.98. The van der Waals surface area contributed by atoms with Crippen LogP contribution in [0.15, 0.2) is 11.3 Å². The second-order valence-electron chi connectivity index (χ2n) is 8.50. The van der Waals surface area contributed by atoms with Gasteiger partial charge in [-0.1, -0.05) is 54.4 Å². The standard InChI is InChI=1S/C21H36O4/c1-7-15(6)18(22)17-19(23)16(11-10-14(4)5)21(25,20(17)24)12-8-9-13(2)3/h13-16,24-25H,7-12H2,1-6H3. The van der Waals surface area contributed by atoms with Crippen LogP contribution in [0, 0.1) is 23.7 Å². The second-order valence-corrected chi connectivity index (χ2v) is 8.50. The first-order valence-corrected chi connectivity index (χ1v) is 9.80. The molecule has 0 saturated heterocycles. The Hall–Kier alpha value is -1.16. The number of aliphatic hydroxyl groups is 2. The fourth-order valence-corrected chi connectivity index (χ4v) is 3.50. The van der Waals surface area contributed by atoms with Crippen molar-refractivity contribution < 1.29 is 19.8 Å². The molecule has 1 rings (SSSR count). The first-order valence-electron chi connectivity index (χ1n) is 9.80. The van der Waals surface area contributed by atoms with E-state index in [0.717, 1.165) is 12.8 Å². The van der Waals surface area contributed by atoms with Crippen LogP contribution in [0.3, 0.4) is 0 Å². The van der Waals surface area contributed by atoms with Crippen molar-refractivity contribution in [3.8, 4) is 0 Å². The van der Waals surface area contributed by atoms with Crippen LogP contribution in [0.4, 0.5) is 0 Å². The smallest absolute Gasteiger partial charge is 0.176 e. The molecule has 4 heteroatoms. The number of rotatable bonds is 10. The zero-order chi connectivity index (χ0) is 19.4. The lowest BCUT2D eigenvalue weighted by Crippen LogP contribution is -2.39. The minimum Gasteiger partial charge on any atom is -0.508 e. The van der Waals surface area contributed by atoms with E-state index in [4.69, 9.17) is 0 Å². The number of ketones is 2. The molecule has 0 aromatic carbocycles. The molecule has 0 fully saturated rings. The Balaban J connectivity index is 3.15. The lowest BCUT2D eigenvalue weighted by molar-refractivity contribution is -0.127. The summed E-state index contributed by atoms with van der Waals surface area (Å²) in [6.07, 6.45) is 3.83. The normalized spacial score (nSPS) is 25.3. The van der Waals surface area contributed by atoms with Gasteiger partial charge in [0.05, 0.1) is 5.92 Å². The maximum Gasteiger partial charge on any atom is 0.176 e. The van der Waals surface area contributed by atoms with Crippen molar-refractivity contribution in [3.63, 3.8) is 0 Å². The molecule has 25 heavy (non-hydrogen) atoms. The van der Waals surface area contributed by atoms with Gasteiger partial charge in [-0.25, -0.2) is 0 Å². The summed E-state index contributed by atoms with van der Waals surface area (Å²) in [5, 5.41) is 21.9. The Morgan fingerprint density at radius 2 is 1.68 bits per heavy atom. The first-order chi connectivity index (χ1) is 11.6. The summed E-state index contributed by atoms with van der Waals surface area (Å²) >= 11 is 0. The predicted molar refractivity (Wildman–Crippen MR) is 100 cm³/mol. The van der Waals surface area contributed by atoms with Gasteiger partial charge in [0.25, 0.3) is 0 Å². The number of carbonyl (C=O) groups is 2. The molecule has 0 aliphatic heterocycles. The third-order valence-electron chi connectivity index (χ3n) is 5.46. The average Bonchev–Trinajstić information content (AvgIpc) is 2.70. The minimum absolute atomic E-state index is 0.143. The number of hydrogen-bond donors (Lipinski definition) is 2. The monoisotopic (exact) mass is 352 g/mol. The molecule has 3 atom stereocenters. The van der Waals surface area contributed by atoms with Crippen molar-refractivity contribution >= 4 is 11.6 Å². The van der Waals surface area contributed by atoms with Crippen molar-refractivity contribution in [2.45, 2.75) is 85.7 Å². The topological polar surface area (TPSA) is 74.6 Å². The largest absolute Gasteiger partial charge is 0.508 e. The van der Waals surface area contributed by atoms with Crippen LogP contribution in [0.25, 0.3) is 0 Å². The van der Waals surface area contributed by atoms with Gasteiger partial charge in [-0.15, -0.1) is 0 Å². The van der Waals surface area contributed by atoms with Crippen molar-refractivity contribution in [3.05, 3.63) is 11.3 Å². The highest BCUT2D eigenvalue weighted by atomic mass is 16.3. The molecule has 2 N–H and O–H groups in total. The number of aliphatic hydroxyl groups excluding tert-OH is 1. The van der Waals surface area contributed by atoms with Crippen molar-refractivity contribution in [1.82, 2.24) is 0 Å². The van der Waals surface area contributed by atoms with Gasteiger partial charge in [0.2, 0.25) is 0 Å². The van der Waals surface area contributed by atoms with Gasteiger partial charge in [-0.2, -0.15) is 0 Å². The molecule has 0 amide bonds. The summed E-state index contributed by atoms with van der Waals surface area (Å²) in [5.74, 6) is -1.23. The summed E-state index contributed by atoms with van der Waals surface area (Å²) in [4.78, 5) is 25.5. The van der Waals surface area contributed by atoms with Gasteiger partial charge in [-0.05, 0) is 37.5 Å². The zero-order valence-corrected chi connectivity index (χ0v) is 16.8. The van der Waals surface area contributed by atoms with Crippen LogP contribution in [-0.4, -0.2) is 27.4 Å². The lowest BCUT2D eigenvalue weighted by Gasteiger charge is -2.30. The van der Waals surface area contributed by atoms with Gasteiger partial charge >= 0.3 is 0 Å². The van der Waals surface area contributed by atoms with Crippen LogP contribution in [0.5, 0.6) is 0 Å². The van der Waals surface area contributed by atoms with E-state index < -0.39 is 11.5 Å². The van der Waals surface area contributed by atoms with Gasteiger partial charge < -0.3 is 10.2 Å². The van der Waals surface area contributed by atoms with Crippen molar-refractivity contribution in [2.24, 2.45) is 23.7 Å². The number of allylic oxidation sites excluding steroid dienone is 1. The van der Waals surface area contributed by atoms with E-state index in [2.05, 4.69) is 27.7 Å². The number of carbonyl (C=O) groups excluding carboxylic acids is 2. The van der Waals surface area contributed by atoms with E-state index in [1.165, 1.54) is 0 Å². The van der Waals surface area contributed by atoms with E-state index in [0.29, 0.717) is 37.5 Å². The Bertz CT molecular complexity index is 518. The number of hydrogen-bond acceptors (Lipinski definition) is 4. The fraction of sp³-hybridized carbons (Fsp3) is 0.810. The molecule has 4 nitrogen and oxygen atoms in total. The van der Waals surface area contributed by atoms with Crippen molar-refractivity contribution in [2.75, 3.05) is 0 Å². The third kappa shape index (κ3) is 4.93. The predicted octanol–water partition coefficient (Wildman–Crippen LogP) is 4.61. The molecule has 0 aromatic heterocycles. The van der Waals surface area contributed by atoms with Gasteiger partial charge in [0, 0.05) is 5.92 Å². The zero-order valence-electron chi connectivity index (χ0n) is 16.8. The van der Waals surface area contributed by atoms with E-state index >= 15 is 0 Å². The summed E-state index contributed by atoms with van der Waals surface area (Å²) in [5.41, 5.74) is -1.73. The Morgan fingerprint density at radius 3 is 2.16 bits per heavy atom. The van der Waals surface area contributed by atoms with E-state index in [1.807, 2.05) is 6.92 Å². The van der Waals surface area contributed by atoms with Gasteiger partial charge in [0.15, 0.2) is 11.6 Å². The molecule has 0 bridgehead atoms. The molecule has 144 valence electrons. The summed E-state index contributed by atoms with van der Waals surface area (Å²) in [7, 11) is 0. The molecule has 0 spiro atoms. The molecular formula is C21H36O4. The Morgan fingerprint density at radius 1 is 1.12 bits per heavy atom. The Kier molecular flexibility index (Phi) is 7.86. The molecule has 3 unspecified atom stereocenters. The first kappa shape index (κ1) is 21.9. The maximum absolute atomic E-state index is 12.9. The molecule has 0 radical (unpaired) electrons. The third-order valence-corrected chi connectivity index (χ3v) is 5.46. The molecular weight excluding hydrogens is 316 g/mol. The van der Waals surface area contributed by atoms with Crippen molar-refractivity contribution in [1.29, 1.82) is 0 Å². The van der Waals surface area contributed by atoms with Gasteiger partial charge in [0.1, 0.15) is 16.9 Å². The number of Topliss-reactive ketones (excluding diaryl/α,β-unsaturated/α-hetero) is 2. The minimum atomic E-state index is -1.58. The lowest BCUT2D eigenvalue weighted by atomic mass is 9.80. The van der Waals surface area contributed by atoms with Gasteiger partial charge in [-0.3, -0.25) is 9.59 Å². The van der Waals surface area contributed by atoms with Crippen LogP contribution >= 0.6 is 0 Å². The van der Waals surface area contributed by atoms with Crippen LogP contribution in [-0.2, 0) is 9.59 Å². The summed E-state index contributed by atoms with van der Waals surface area (Å²) in [6.45, 7) is 12.0. The highest BCUT2D eigenvalue weighted by molar-refractivity contribution is 6.24. The summed E-state index contributed by atoms with van der Waals surface area (Å²) in [6, 6.07) is 0. The van der Waals surface area contributed by atoms with Crippen LogP contribution in [0.2, 0.25) is 0 Å². The molecule has 0 saturated carbocycles. The summed E-state index contributed by atoms with van der Waals surface area (Å²) < 4.78 is 0. The molecule has 1 aliphatic carbocycles. The highest BCUT2D eigenvalue weighted by Crippen LogP contribution is 2.44. The van der Waals surface area contributed by atoms with Crippen LogP contribution in [0.1, 0.15) is 80.1 Å². The maximum atomic E-state index is 12.9. The molecule has 1 aliphatic rings. The average molecular weight is 353 g/mol. The van der Waals surface area contributed by atoms with E-state index in [1.54, 1.807) is 6.92 Å². The van der Waals surface area contributed by atoms with E-state index in [-0.39, 0.29) is 28.8 Å². The Labute approximate surface area is 152 Å². The fourth-order valence-electron chi connectivity index (χ4n) is 3.50. The molecule has 0 heterocycles. The molecule has 0 aromatic rings. The SMILES string of the molecule is CCC(C)C(=O)C1=C(O)C(O)(CCCC(C)C)C(CCC(C)C)C1=O. The highest BCUT2D eigenvalue weighted by Gasteiger charge is 2.54. The van der Waals surface area contributed by atoms with Crippen LogP contribution < -0.4 is 0 Å². The van der Waals surface area contributed by atoms with E-state index in [9.17, 15) is 19.8 Å². The quantitative estimate of drug-likeness (QED) is 0.563.